The number of carbonyl (C=O) groups excluding carboxylic acids is 2. The Bertz CT molecular complexity index is 745. The van der Waals surface area contributed by atoms with E-state index >= 15 is 0 Å². The number of amides is 2. The van der Waals surface area contributed by atoms with Gasteiger partial charge in [-0.1, -0.05) is 30.3 Å². The molecule has 1 heterocycles. The zero-order chi connectivity index (χ0) is 16.2. The molecule has 1 atom stereocenters. The average molecular weight is 420 g/mol. The van der Waals surface area contributed by atoms with Gasteiger partial charge in [-0.3, -0.25) is 9.59 Å². The normalized spacial score (nSPS) is 16.4. The molecule has 0 fully saturated rings. The Morgan fingerprint density at radius 3 is 2.74 bits per heavy atom. The van der Waals surface area contributed by atoms with Crippen LogP contribution in [0.25, 0.3) is 0 Å². The van der Waals surface area contributed by atoms with E-state index in [2.05, 4.69) is 33.2 Å². The Morgan fingerprint density at radius 1 is 1.17 bits per heavy atom. The lowest BCUT2D eigenvalue weighted by molar-refractivity contribution is -0.121. The number of benzene rings is 2. The van der Waals surface area contributed by atoms with Crippen molar-refractivity contribution >= 4 is 45.8 Å². The highest BCUT2D eigenvalue weighted by Crippen LogP contribution is 2.27. The van der Waals surface area contributed by atoms with Gasteiger partial charge in [0.2, 0.25) is 11.8 Å². The third-order valence-electron chi connectivity index (χ3n) is 3.98. The molecule has 0 radical (unpaired) electrons. The Hall–Kier alpha value is -1.89. The first-order valence-corrected chi connectivity index (χ1v) is 8.64. The minimum atomic E-state index is -0.148. The van der Waals surface area contributed by atoms with E-state index in [4.69, 9.17) is 0 Å². The Kier molecular flexibility index (Phi) is 4.95. The highest BCUT2D eigenvalue weighted by atomic mass is 127. The van der Waals surface area contributed by atoms with E-state index in [9.17, 15) is 9.59 Å². The fourth-order valence-electron chi connectivity index (χ4n) is 2.73. The largest absolute Gasteiger partial charge is 0.326 e. The van der Waals surface area contributed by atoms with Crippen molar-refractivity contribution in [2.24, 2.45) is 5.92 Å². The average Bonchev–Trinajstić information content (AvgIpc) is 2.55. The van der Waals surface area contributed by atoms with Gasteiger partial charge >= 0.3 is 0 Å². The first-order valence-electron chi connectivity index (χ1n) is 7.56. The second-order valence-corrected chi connectivity index (χ2v) is 6.78. The van der Waals surface area contributed by atoms with Crippen LogP contribution in [0.3, 0.4) is 0 Å². The monoisotopic (exact) mass is 420 g/mol. The van der Waals surface area contributed by atoms with Crippen LogP contribution < -0.4 is 10.6 Å². The lowest BCUT2D eigenvalue weighted by atomic mass is 9.89. The van der Waals surface area contributed by atoms with Crippen LogP contribution >= 0.6 is 22.6 Å². The molecule has 0 bridgehead atoms. The lowest BCUT2D eigenvalue weighted by Gasteiger charge is -2.24. The molecule has 1 aliphatic heterocycles. The molecule has 5 heteroatoms. The maximum Gasteiger partial charge on any atom is 0.227 e. The Balaban J connectivity index is 1.57. The van der Waals surface area contributed by atoms with Crippen LogP contribution in [-0.4, -0.2) is 11.8 Å². The molecular weight excluding hydrogens is 403 g/mol. The fourth-order valence-corrected chi connectivity index (χ4v) is 3.25. The molecule has 23 heavy (non-hydrogen) atoms. The van der Waals surface area contributed by atoms with Crippen LogP contribution in [0.2, 0.25) is 0 Å². The molecular formula is C18H17IN2O2. The molecule has 0 spiro atoms. The number of rotatable bonds is 4. The predicted octanol–water partition coefficient (Wildman–Crippen LogP) is 3.82. The van der Waals surface area contributed by atoms with E-state index in [-0.39, 0.29) is 17.7 Å². The predicted molar refractivity (Wildman–Crippen MR) is 99.3 cm³/mol. The minimum Gasteiger partial charge on any atom is -0.326 e. The topological polar surface area (TPSA) is 58.2 Å². The van der Waals surface area contributed by atoms with Crippen molar-refractivity contribution in [3.8, 4) is 0 Å². The maximum atomic E-state index is 12.1. The highest BCUT2D eigenvalue weighted by Gasteiger charge is 2.26. The Labute approximate surface area is 148 Å². The van der Waals surface area contributed by atoms with E-state index in [1.54, 1.807) is 0 Å². The van der Waals surface area contributed by atoms with Crippen molar-refractivity contribution < 1.29 is 9.59 Å². The molecule has 2 N–H and O–H groups in total. The summed E-state index contributed by atoms with van der Waals surface area (Å²) >= 11 is 2.19. The van der Waals surface area contributed by atoms with Gasteiger partial charge in [-0.05, 0) is 59.2 Å². The molecule has 2 aromatic rings. The summed E-state index contributed by atoms with van der Waals surface area (Å²) in [5, 5.41) is 5.83. The van der Waals surface area contributed by atoms with Gasteiger partial charge in [0.1, 0.15) is 0 Å². The molecule has 2 aromatic carbocycles. The minimum absolute atomic E-state index is 0.00536. The van der Waals surface area contributed by atoms with E-state index < -0.39 is 0 Å². The summed E-state index contributed by atoms with van der Waals surface area (Å²) in [4.78, 5) is 24.3. The number of fused-ring (bicyclic) bond motifs is 1. The lowest BCUT2D eigenvalue weighted by Crippen LogP contribution is -2.30. The van der Waals surface area contributed by atoms with E-state index in [1.807, 2.05) is 48.5 Å². The first kappa shape index (κ1) is 16.0. The molecule has 118 valence electrons. The standard InChI is InChI=1S/C18H17IN2O2/c19-14-6-2-4-8-16(14)20-17(22)10-9-13-11-12-5-1-3-7-15(12)21-18(13)23/h1-8,13H,9-11H2,(H,20,22)(H,21,23)/t13-/m1/s1. The number of anilines is 2. The van der Waals surface area contributed by atoms with Crippen molar-refractivity contribution in [1.29, 1.82) is 0 Å². The van der Waals surface area contributed by atoms with Crippen molar-refractivity contribution in [2.75, 3.05) is 10.6 Å². The quantitative estimate of drug-likeness (QED) is 0.740. The van der Waals surface area contributed by atoms with Gasteiger partial charge in [-0.2, -0.15) is 0 Å². The van der Waals surface area contributed by atoms with Gasteiger partial charge in [0.15, 0.2) is 0 Å². The van der Waals surface area contributed by atoms with Gasteiger partial charge in [0.05, 0.1) is 5.69 Å². The van der Waals surface area contributed by atoms with Crippen LogP contribution in [0.5, 0.6) is 0 Å². The number of para-hydroxylation sites is 2. The number of hydrogen-bond acceptors (Lipinski definition) is 2. The summed E-state index contributed by atoms with van der Waals surface area (Å²) in [6.45, 7) is 0. The van der Waals surface area contributed by atoms with Crippen molar-refractivity contribution in [3.05, 3.63) is 57.7 Å². The zero-order valence-electron chi connectivity index (χ0n) is 12.5. The van der Waals surface area contributed by atoms with Crippen molar-refractivity contribution in [2.45, 2.75) is 19.3 Å². The summed E-state index contributed by atoms with van der Waals surface area (Å²) in [6.07, 6.45) is 1.58. The van der Waals surface area contributed by atoms with E-state index in [0.717, 1.165) is 20.5 Å². The number of halogens is 1. The maximum absolute atomic E-state index is 12.1. The number of hydrogen-bond donors (Lipinski definition) is 2. The summed E-state index contributed by atoms with van der Waals surface area (Å²) in [6, 6.07) is 15.5. The van der Waals surface area contributed by atoms with Crippen LogP contribution in [-0.2, 0) is 16.0 Å². The van der Waals surface area contributed by atoms with E-state index in [1.165, 1.54) is 0 Å². The second kappa shape index (κ2) is 7.12. The van der Waals surface area contributed by atoms with Crippen LogP contribution in [0.4, 0.5) is 11.4 Å². The third kappa shape index (κ3) is 3.90. The molecule has 2 amide bonds. The second-order valence-electron chi connectivity index (χ2n) is 5.61. The SMILES string of the molecule is O=C(CC[C@@H]1Cc2ccccc2NC1=O)Nc1ccccc1I. The van der Waals surface area contributed by atoms with Crippen molar-refractivity contribution in [3.63, 3.8) is 0 Å². The third-order valence-corrected chi connectivity index (χ3v) is 4.92. The molecule has 0 saturated heterocycles. The van der Waals surface area contributed by atoms with E-state index in [0.29, 0.717) is 19.3 Å². The van der Waals surface area contributed by atoms with Crippen LogP contribution in [0, 0.1) is 9.49 Å². The molecule has 4 nitrogen and oxygen atoms in total. The Morgan fingerprint density at radius 2 is 1.91 bits per heavy atom. The van der Waals surface area contributed by atoms with Crippen molar-refractivity contribution in [1.82, 2.24) is 0 Å². The first-order chi connectivity index (χ1) is 11.1. The van der Waals surface area contributed by atoms with Gasteiger partial charge in [0, 0.05) is 21.6 Å². The smallest absolute Gasteiger partial charge is 0.227 e. The zero-order valence-corrected chi connectivity index (χ0v) is 14.7. The fraction of sp³-hybridized carbons (Fsp3) is 0.222. The summed E-state index contributed by atoms with van der Waals surface area (Å²) in [5.41, 5.74) is 2.84. The molecule has 0 saturated carbocycles. The molecule has 3 rings (SSSR count). The molecule has 0 aliphatic carbocycles. The van der Waals surface area contributed by atoms with Gasteiger partial charge in [-0.15, -0.1) is 0 Å². The number of carbonyl (C=O) groups is 2. The van der Waals surface area contributed by atoms with Crippen LogP contribution in [0.1, 0.15) is 18.4 Å². The van der Waals surface area contributed by atoms with Gasteiger partial charge < -0.3 is 10.6 Å². The molecule has 0 aromatic heterocycles. The highest BCUT2D eigenvalue weighted by molar-refractivity contribution is 14.1. The van der Waals surface area contributed by atoms with Gasteiger partial charge in [0.25, 0.3) is 0 Å². The molecule has 1 aliphatic rings. The number of nitrogens with one attached hydrogen (secondary N) is 2. The van der Waals surface area contributed by atoms with Gasteiger partial charge in [-0.25, -0.2) is 0 Å². The molecule has 0 unspecified atom stereocenters. The summed E-state index contributed by atoms with van der Waals surface area (Å²) in [5.74, 6) is -0.197. The summed E-state index contributed by atoms with van der Waals surface area (Å²) in [7, 11) is 0. The summed E-state index contributed by atoms with van der Waals surface area (Å²) < 4.78 is 1.00. The van der Waals surface area contributed by atoms with Crippen LogP contribution in [0.15, 0.2) is 48.5 Å².